The van der Waals surface area contributed by atoms with Crippen molar-refractivity contribution in [2.24, 2.45) is 0 Å². The predicted molar refractivity (Wildman–Crippen MR) is 154 cm³/mol. The third-order valence-corrected chi connectivity index (χ3v) is 8.10. The molecule has 0 bridgehead atoms. The largest absolute Gasteiger partial charge is 0.378 e. The van der Waals surface area contributed by atoms with Crippen molar-refractivity contribution in [3.8, 4) is 11.3 Å². The summed E-state index contributed by atoms with van der Waals surface area (Å²) in [6.45, 7) is 10.6. The molecule has 206 valence electrons. The number of nitrogen functional groups attached to an aromatic ring is 1. The number of fused-ring (bicyclic) bond motifs is 1. The van der Waals surface area contributed by atoms with E-state index in [9.17, 15) is 9.59 Å². The van der Waals surface area contributed by atoms with E-state index in [0.29, 0.717) is 26.3 Å². The van der Waals surface area contributed by atoms with Crippen molar-refractivity contribution in [1.82, 2.24) is 24.8 Å². The van der Waals surface area contributed by atoms with Gasteiger partial charge in [0.2, 0.25) is 11.9 Å². The van der Waals surface area contributed by atoms with Crippen LogP contribution in [0.15, 0.2) is 36.2 Å². The number of hydrogen-bond donors (Lipinski definition) is 1. The summed E-state index contributed by atoms with van der Waals surface area (Å²) in [6.07, 6.45) is 5.59. The molecular formula is C28H35N7O3S. The van der Waals surface area contributed by atoms with Crippen LogP contribution in [0, 0.1) is 0 Å². The summed E-state index contributed by atoms with van der Waals surface area (Å²) in [6, 6.07) is 4.30. The quantitative estimate of drug-likeness (QED) is 0.423. The van der Waals surface area contributed by atoms with E-state index in [1.807, 2.05) is 18.7 Å². The Hall–Kier alpha value is -3.41. The summed E-state index contributed by atoms with van der Waals surface area (Å²) >= 11 is 1.78. The Balaban J connectivity index is 1.28. The monoisotopic (exact) mass is 549 g/mol. The molecule has 39 heavy (non-hydrogen) atoms. The molecule has 5 heterocycles. The normalized spacial score (nSPS) is 16.5. The van der Waals surface area contributed by atoms with Gasteiger partial charge in [0.25, 0.3) is 0 Å². The Bertz CT molecular complexity index is 1350. The van der Waals surface area contributed by atoms with Crippen LogP contribution >= 0.6 is 11.3 Å². The lowest BCUT2D eigenvalue weighted by Gasteiger charge is -2.34. The number of pyridine rings is 1. The summed E-state index contributed by atoms with van der Waals surface area (Å²) in [5.41, 5.74) is 10.4. The second kappa shape index (κ2) is 12.2. The van der Waals surface area contributed by atoms with Crippen molar-refractivity contribution < 1.29 is 14.3 Å². The lowest BCUT2D eigenvalue weighted by Crippen LogP contribution is -2.48. The van der Waals surface area contributed by atoms with Gasteiger partial charge in [0.05, 0.1) is 34.8 Å². The molecule has 5 rings (SSSR count). The maximum absolute atomic E-state index is 12.6. The van der Waals surface area contributed by atoms with E-state index in [0.717, 1.165) is 60.8 Å². The highest BCUT2D eigenvalue weighted by Gasteiger charge is 2.23. The average molecular weight is 550 g/mol. The second-order valence-electron chi connectivity index (χ2n) is 10.2. The van der Waals surface area contributed by atoms with Gasteiger partial charge in [0.1, 0.15) is 0 Å². The van der Waals surface area contributed by atoms with Crippen molar-refractivity contribution in [2.45, 2.75) is 33.2 Å². The first-order chi connectivity index (χ1) is 18.9. The van der Waals surface area contributed by atoms with Crippen LogP contribution in [0.1, 0.15) is 31.6 Å². The lowest BCUT2D eigenvalue weighted by molar-refractivity contribution is -0.134. The second-order valence-corrected chi connectivity index (χ2v) is 11.4. The van der Waals surface area contributed by atoms with Crippen LogP contribution < -0.4 is 10.6 Å². The Kier molecular flexibility index (Phi) is 8.49. The van der Waals surface area contributed by atoms with E-state index in [-0.39, 0.29) is 30.5 Å². The average Bonchev–Trinajstić information content (AvgIpc) is 3.34. The molecule has 3 aromatic heterocycles. The molecule has 2 aliphatic heterocycles. The van der Waals surface area contributed by atoms with Crippen LogP contribution in [-0.2, 0) is 20.9 Å². The van der Waals surface area contributed by atoms with Crippen LogP contribution in [0.2, 0.25) is 0 Å². The van der Waals surface area contributed by atoms with Crippen LogP contribution in [0.25, 0.3) is 21.5 Å². The minimum absolute atomic E-state index is 0.0175. The van der Waals surface area contributed by atoms with Crippen LogP contribution in [-0.4, -0.2) is 88.9 Å². The summed E-state index contributed by atoms with van der Waals surface area (Å²) in [4.78, 5) is 45.7. The number of nitrogens with zero attached hydrogens (tertiary/aromatic N) is 6. The molecule has 2 N–H and O–H groups in total. The van der Waals surface area contributed by atoms with Crippen LogP contribution in [0.3, 0.4) is 0 Å². The number of amides is 1. The van der Waals surface area contributed by atoms with Crippen molar-refractivity contribution in [3.63, 3.8) is 0 Å². The summed E-state index contributed by atoms with van der Waals surface area (Å²) in [7, 11) is 0. The fraction of sp³-hybridized carbons (Fsp3) is 0.464. The molecule has 1 amide bonds. The number of anilines is 2. The first-order valence-electron chi connectivity index (χ1n) is 13.4. The van der Waals surface area contributed by atoms with Crippen LogP contribution in [0.4, 0.5) is 11.6 Å². The number of ether oxygens (including phenoxy) is 1. The van der Waals surface area contributed by atoms with Crippen molar-refractivity contribution in [3.05, 3.63) is 41.1 Å². The highest BCUT2D eigenvalue weighted by molar-refractivity contribution is 7.19. The van der Waals surface area contributed by atoms with Crippen molar-refractivity contribution in [1.29, 1.82) is 0 Å². The number of rotatable bonds is 8. The van der Waals surface area contributed by atoms with E-state index in [2.05, 4.69) is 31.9 Å². The maximum atomic E-state index is 12.6. The number of morpholine rings is 1. The summed E-state index contributed by atoms with van der Waals surface area (Å²) < 4.78 is 6.76. The molecule has 2 fully saturated rings. The predicted octanol–water partition coefficient (Wildman–Crippen LogP) is 3.13. The molecule has 3 aromatic rings. The van der Waals surface area contributed by atoms with Gasteiger partial charge in [-0.3, -0.25) is 14.5 Å². The molecule has 0 spiro atoms. The number of carbonyl (C=O) groups excluding carboxylic acids is 2. The van der Waals surface area contributed by atoms with Crippen molar-refractivity contribution in [2.75, 3.05) is 63.1 Å². The summed E-state index contributed by atoms with van der Waals surface area (Å²) in [5, 5.41) is 0. The fourth-order valence-corrected chi connectivity index (χ4v) is 6.13. The van der Waals surface area contributed by atoms with E-state index >= 15 is 0 Å². The zero-order chi connectivity index (χ0) is 27.4. The molecule has 2 aliphatic rings. The molecule has 0 atom stereocenters. The van der Waals surface area contributed by atoms with E-state index in [4.69, 9.17) is 15.5 Å². The highest BCUT2D eigenvalue weighted by Crippen LogP contribution is 2.37. The SMILES string of the molecule is CC(C)=CC(=O)CCC(=O)N1CCN(Cc2cc3nc(-c4cnc(N)nc4)cc(N4CCOCC4)c3s2)CC1. The van der Waals surface area contributed by atoms with Gasteiger partial charge in [0, 0.05) is 81.5 Å². The van der Waals surface area contributed by atoms with Crippen LogP contribution in [0.5, 0.6) is 0 Å². The smallest absolute Gasteiger partial charge is 0.223 e. The number of allylic oxidation sites excluding steroid dienone is 2. The van der Waals surface area contributed by atoms with Gasteiger partial charge in [-0.2, -0.15) is 0 Å². The zero-order valence-electron chi connectivity index (χ0n) is 22.6. The van der Waals surface area contributed by atoms with Gasteiger partial charge in [-0.1, -0.05) is 5.57 Å². The van der Waals surface area contributed by atoms with Gasteiger partial charge in [-0.05, 0) is 32.1 Å². The summed E-state index contributed by atoms with van der Waals surface area (Å²) in [5.74, 6) is 0.319. The third kappa shape index (κ3) is 6.78. The number of carbonyl (C=O) groups is 2. The zero-order valence-corrected chi connectivity index (χ0v) is 23.4. The van der Waals surface area contributed by atoms with Gasteiger partial charge in [-0.15, -0.1) is 11.3 Å². The van der Waals surface area contributed by atoms with Gasteiger partial charge in [0.15, 0.2) is 5.78 Å². The molecule has 0 saturated carbocycles. The number of ketones is 1. The maximum Gasteiger partial charge on any atom is 0.223 e. The van der Waals surface area contributed by atoms with Gasteiger partial charge >= 0.3 is 0 Å². The molecule has 0 aliphatic carbocycles. The topological polar surface area (TPSA) is 118 Å². The number of piperazine rings is 1. The Labute approximate surface area is 232 Å². The number of hydrogen-bond acceptors (Lipinski definition) is 10. The third-order valence-electron chi connectivity index (χ3n) is 6.97. The lowest BCUT2D eigenvalue weighted by atomic mass is 10.1. The van der Waals surface area contributed by atoms with Gasteiger partial charge < -0.3 is 20.3 Å². The Morgan fingerprint density at radius 2 is 1.74 bits per heavy atom. The number of thiophene rings is 1. The molecule has 11 heteroatoms. The fourth-order valence-electron chi connectivity index (χ4n) is 4.95. The van der Waals surface area contributed by atoms with E-state index < -0.39 is 0 Å². The van der Waals surface area contributed by atoms with Crippen molar-refractivity contribution >= 4 is 44.9 Å². The molecular weight excluding hydrogens is 514 g/mol. The van der Waals surface area contributed by atoms with E-state index in [1.165, 1.54) is 9.58 Å². The Morgan fingerprint density at radius 3 is 2.44 bits per heavy atom. The van der Waals surface area contributed by atoms with Gasteiger partial charge in [-0.25, -0.2) is 15.0 Å². The molecule has 0 radical (unpaired) electrons. The molecule has 0 aromatic carbocycles. The Morgan fingerprint density at radius 1 is 1.03 bits per heavy atom. The molecule has 10 nitrogen and oxygen atoms in total. The molecule has 0 unspecified atom stereocenters. The van der Waals surface area contributed by atoms with E-state index in [1.54, 1.807) is 29.8 Å². The number of nitrogens with two attached hydrogens (primary N) is 1. The molecule has 2 saturated heterocycles. The number of aromatic nitrogens is 3. The minimum Gasteiger partial charge on any atom is -0.378 e. The highest BCUT2D eigenvalue weighted by atomic mass is 32.1. The standard InChI is InChI=1S/C28H35N7O3S/c1-19(2)13-21(36)3-4-26(37)35-7-5-33(6-8-35)18-22-14-24-27(39-22)25(34-9-11-38-12-10-34)15-23(32-24)20-16-30-28(29)31-17-20/h13-17H,3-12,18H2,1-2H3,(H2,29,30,31). The minimum atomic E-state index is 0.0175. The first kappa shape index (κ1) is 27.2. The first-order valence-corrected chi connectivity index (χ1v) is 14.2.